The van der Waals surface area contributed by atoms with Gasteiger partial charge in [0.1, 0.15) is 0 Å². The zero-order valence-electron chi connectivity index (χ0n) is 9.29. The fourth-order valence-electron chi connectivity index (χ4n) is 1.57. The predicted octanol–water partition coefficient (Wildman–Crippen LogP) is 2.09. The third kappa shape index (κ3) is 2.22. The predicted molar refractivity (Wildman–Crippen MR) is 66.4 cm³/mol. The second-order valence-corrected chi connectivity index (χ2v) is 4.71. The van der Waals surface area contributed by atoms with Crippen LogP contribution in [0.3, 0.4) is 0 Å². The molecule has 0 aliphatic carbocycles. The second-order valence-electron chi connectivity index (χ2n) is 3.51. The first-order valence-corrected chi connectivity index (χ1v) is 6.30. The summed E-state index contributed by atoms with van der Waals surface area (Å²) in [7, 11) is 1.69. The Labute approximate surface area is 103 Å². The Morgan fingerprint density at radius 1 is 1.62 bits per heavy atom. The molecule has 2 rings (SSSR count). The van der Waals surface area contributed by atoms with Crippen molar-refractivity contribution in [1.29, 1.82) is 0 Å². The lowest BCUT2D eigenvalue weighted by atomic mass is 10.4. The Hall–Kier alpha value is -0.620. The van der Waals surface area contributed by atoms with E-state index in [9.17, 15) is 0 Å². The van der Waals surface area contributed by atoms with E-state index < -0.39 is 0 Å². The number of aryl methyl sites for hydroxylation is 1. The summed E-state index contributed by atoms with van der Waals surface area (Å²) < 4.78 is 7.06. The van der Waals surface area contributed by atoms with E-state index in [-0.39, 0.29) is 0 Å². The Morgan fingerprint density at radius 3 is 3.19 bits per heavy atom. The molecule has 2 aromatic rings. The molecule has 88 valence electrons. The molecule has 0 atom stereocenters. The number of thiazole rings is 1. The number of fused-ring (bicyclic) bond motifs is 1. The van der Waals surface area contributed by atoms with Gasteiger partial charge in [0.15, 0.2) is 10.1 Å². The SMILES string of the molecule is COCCNCc1c(Cl)nc2scc(C)n12. The lowest BCUT2D eigenvalue weighted by molar-refractivity contribution is 0.199. The summed E-state index contributed by atoms with van der Waals surface area (Å²) >= 11 is 7.70. The van der Waals surface area contributed by atoms with Crippen molar-refractivity contribution in [2.75, 3.05) is 20.3 Å². The number of imidazole rings is 1. The maximum atomic E-state index is 6.10. The molecule has 0 aromatic carbocycles. The van der Waals surface area contributed by atoms with Crippen LogP contribution >= 0.6 is 22.9 Å². The standard InChI is InChI=1S/C10H14ClN3OS/c1-7-6-16-10-13-9(11)8(14(7)10)5-12-3-4-15-2/h6,12H,3-5H2,1-2H3. The van der Waals surface area contributed by atoms with Crippen molar-refractivity contribution >= 4 is 27.9 Å². The highest BCUT2D eigenvalue weighted by atomic mass is 35.5. The summed E-state index contributed by atoms with van der Waals surface area (Å²) in [6.45, 7) is 4.27. The molecule has 0 aliphatic heterocycles. The number of hydrogen-bond donors (Lipinski definition) is 1. The van der Waals surface area contributed by atoms with E-state index in [1.54, 1.807) is 18.4 Å². The minimum atomic E-state index is 0.583. The van der Waals surface area contributed by atoms with Crippen molar-refractivity contribution in [3.63, 3.8) is 0 Å². The number of rotatable bonds is 5. The molecule has 1 N–H and O–H groups in total. The van der Waals surface area contributed by atoms with Crippen LogP contribution in [0.5, 0.6) is 0 Å². The van der Waals surface area contributed by atoms with Gasteiger partial charge in [0.05, 0.1) is 12.3 Å². The molecule has 0 fully saturated rings. The molecule has 0 spiro atoms. The van der Waals surface area contributed by atoms with Crippen molar-refractivity contribution in [1.82, 2.24) is 14.7 Å². The first-order chi connectivity index (χ1) is 7.74. The van der Waals surface area contributed by atoms with Gasteiger partial charge < -0.3 is 10.1 Å². The number of ether oxygens (including phenoxy) is 1. The second kappa shape index (κ2) is 5.14. The van der Waals surface area contributed by atoms with Gasteiger partial charge in [-0.2, -0.15) is 0 Å². The number of nitrogens with zero attached hydrogens (tertiary/aromatic N) is 2. The minimum absolute atomic E-state index is 0.583. The van der Waals surface area contributed by atoms with Crippen LogP contribution in [0, 0.1) is 6.92 Å². The Bertz CT molecular complexity index is 480. The van der Waals surface area contributed by atoms with E-state index in [2.05, 4.69) is 27.0 Å². The molecule has 0 saturated heterocycles. The lowest BCUT2D eigenvalue weighted by Gasteiger charge is -2.04. The maximum Gasteiger partial charge on any atom is 0.195 e. The highest BCUT2D eigenvalue weighted by Crippen LogP contribution is 2.23. The minimum Gasteiger partial charge on any atom is -0.383 e. The highest BCUT2D eigenvalue weighted by molar-refractivity contribution is 7.15. The third-order valence-electron chi connectivity index (χ3n) is 2.36. The van der Waals surface area contributed by atoms with E-state index in [0.717, 1.165) is 17.2 Å². The summed E-state index contributed by atoms with van der Waals surface area (Å²) in [6.07, 6.45) is 0. The van der Waals surface area contributed by atoms with E-state index in [1.807, 2.05) is 0 Å². The van der Waals surface area contributed by atoms with Crippen LogP contribution < -0.4 is 5.32 Å². The van der Waals surface area contributed by atoms with Crippen LogP contribution in [0.4, 0.5) is 0 Å². The van der Waals surface area contributed by atoms with Crippen molar-refractivity contribution < 1.29 is 4.74 Å². The van der Waals surface area contributed by atoms with Crippen molar-refractivity contribution in [2.24, 2.45) is 0 Å². The van der Waals surface area contributed by atoms with Gasteiger partial charge in [-0.15, -0.1) is 11.3 Å². The lowest BCUT2D eigenvalue weighted by Crippen LogP contribution is -2.19. The maximum absolute atomic E-state index is 6.10. The van der Waals surface area contributed by atoms with Crippen molar-refractivity contribution in [3.05, 3.63) is 21.9 Å². The average Bonchev–Trinajstić information content (AvgIpc) is 2.75. The third-order valence-corrected chi connectivity index (χ3v) is 3.60. The number of aromatic nitrogens is 2. The van der Waals surface area contributed by atoms with Gasteiger partial charge in [-0.3, -0.25) is 4.40 Å². The molecule has 0 saturated carbocycles. The molecular formula is C10H14ClN3OS. The summed E-state index contributed by atoms with van der Waals surface area (Å²) in [6, 6.07) is 0. The van der Waals surface area contributed by atoms with Gasteiger partial charge in [-0.1, -0.05) is 11.6 Å². The molecule has 0 aliphatic rings. The van der Waals surface area contributed by atoms with Gasteiger partial charge in [0, 0.05) is 31.3 Å². The fourth-order valence-corrected chi connectivity index (χ4v) is 2.74. The number of methoxy groups -OCH3 is 1. The largest absolute Gasteiger partial charge is 0.383 e. The van der Waals surface area contributed by atoms with E-state index in [1.165, 1.54) is 5.69 Å². The number of halogens is 1. The molecule has 2 heterocycles. The van der Waals surface area contributed by atoms with Crippen molar-refractivity contribution in [2.45, 2.75) is 13.5 Å². The van der Waals surface area contributed by atoms with Gasteiger partial charge in [0.25, 0.3) is 0 Å². The molecule has 0 bridgehead atoms. The molecular weight excluding hydrogens is 246 g/mol. The quantitative estimate of drug-likeness (QED) is 0.836. The van der Waals surface area contributed by atoms with Crippen LogP contribution in [-0.4, -0.2) is 29.6 Å². The van der Waals surface area contributed by atoms with Gasteiger partial charge in [0.2, 0.25) is 0 Å². The van der Waals surface area contributed by atoms with E-state index >= 15 is 0 Å². The molecule has 16 heavy (non-hydrogen) atoms. The van der Waals surface area contributed by atoms with Crippen LogP contribution in [-0.2, 0) is 11.3 Å². The first-order valence-electron chi connectivity index (χ1n) is 5.04. The number of hydrogen-bond acceptors (Lipinski definition) is 4. The summed E-state index contributed by atoms with van der Waals surface area (Å²) in [5.41, 5.74) is 2.19. The Morgan fingerprint density at radius 2 is 2.44 bits per heavy atom. The Kier molecular flexibility index (Phi) is 3.81. The highest BCUT2D eigenvalue weighted by Gasteiger charge is 2.12. The molecule has 6 heteroatoms. The van der Waals surface area contributed by atoms with Crippen LogP contribution in [0.15, 0.2) is 5.38 Å². The van der Waals surface area contributed by atoms with Crippen LogP contribution in [0.2, 0.25) is 5.15 Å². The molecule has 0 radical (unpaired) electrons. The zero-order valence-corrected chi connectivity index (χ0v) is 10.9. The first kappa shape index (κ1) is 11.9. The van der Waals surface area contributed by atoms with Gasteiger partial charge in [-0.25, -0.2) is 4.98 Å². The summed E-state index contributed by atoms with van der Waals surface area (Å²) in [5, 5.41) is 5.94. The monoisotopic (exact) mass is 259 g/mol. The topological polar surface area (TPSA) is 38.6 Å². The summed E-state index contributed by atoms with van der Waals surface area (Å²) in [4.78, 5) is 5.26. The zero-order chi connectivity index (χ0) is 11.5. The molecule has 0 unspecified atom stereocenters. The number of nitrogens with one attached hydrogen (secondary N) is 1. The van der Waals surface area contributed by atoms with E-state index in [4.69, 9.17) is 16.3 Å². The molecule has 4 nitrogen and oxygen atoms in total. The smallest absolute Gasteiger partial charge is 0.195 e. The normalized spacial score (nSPS) is 11.4. The molecule has 2 aromatic heterocycles. The van der Waals surface area contributed by atoms with Gasteiger partial charge in [-0.05, 0) is 6.92 Å². The summed E-state index contributed by atoms with van der Waals surface area (Å²) in [5.74, 6) is 0. The van der Waals surface area contributed by atoms with Crippen molar-refractivity contribution in [3.8, 4) is 0 Å². The van der Waals surface area contributed by atoms with Crippen LogP contribution in [0.25, 0.3) is 4.96 Å². The van der Waals surface area contributed by atoms with Crippen LogP contribution in [0.1, 0.15) is 11.4 Å². The molecule has 0 amide bonds. The average molecular weight is 260 g/mol. The van der Waals surface area contributed by atoms with Gasteiger partial charge >= 0.3 is 0 Å². The van der Waals surface area contributed by atoms with E-state index in [0.29, 0.717) is 18.3 Å². The fraction of sp³-hybridized carbons (Fsp3) is 0.500. The Balaban J connectivity index is 2.15.